The fourth-order valence-electron chi connectivity index (χ4n) is 2.49. The van der Waals surface area contributed by atoms with E-state index in [1.165, 1.54) is 5.56 Å². The zero-order valence-corrected chi connectivity index (χ0v) is 18.4. The molecule has 27 heavy (non-hydrogen) atoms. The molecule has 0 saturated heterocycles. The van der Waals surface area contributed by atoms with Crippen LogP contribution >= 0.6 is 45.2 Å². The number of hydrogen-bond donors (Lipinski definition) is 3. The van der Waals surface area contributed by atoms with Crippen molar-refractivity contribution in [1.29, 1.82) is 5.26 Å². The molecule has 0 unspecified atom stereocenters. The fourth-order valence-corrected chi connectivity index (χ4v) is 3.63. The van der Waals surface area contributed by atoms with E-state index in [-0.39, 0.29) is 5.75 Å². The molecule has 3 rings (SSSR count). The molecule has 3 aromatic rings. The lowest BCUT2D eigenvalue weighted by molar-refractivity contribution is 0.474. The molecule has 0 fully saturated rings. The first kappa shape index (κ1) is 19.6. The minimum atomic E-state index is 0.153. The van der Waals surface area contributed by atoms with Crippen LogP contribution in [0.25, 0.3) is 0 Å². The number of aliphatic imine (C=N–C) groups is 1. The average molecular weight is 583 g/mol. The van der Waals surface area contributed by atoms with E-state index in [2.05, 4.69) is 71.8 Å². The molecule has 0 amide bonds. The van der Waals surface area contributed by atoms with Crippen LogP contribution in [-0.2, 0) is 8.86 Å². The van der Waals surface area contributed by atoms with Crippen molar-refractivity contribution >= 4 is 68.7 Å². The van der Waals surface area contributed by atoms with E-state index in [0.29, 0.717) is 22.8 Å². The van der Waals surface area contributed by atoms with Gasteiger partial charge in [-0.15, -0.1) is 0 Å². The lowest BCUT2D eigenvalue weighted by Crippen LogP contribution is -1.93. The second-order valence-corrected chi connectivity index (χ2v) is 7.13. The van der Waals surface area contributed by atoms with Crippen molar-refractivity contribution in [3.63, 3.8) is 0 Å². The maximum Gasteiger partial charge on any atom is 0.172 e. The molecule has 136 valence electrons. The first-order valence-corrected chi connectivity index (χ1v) is 11.0. The van der Waals surface area contributed by atoms with Gasteiger partial charge in [0.05, 0.1) is 0 Å². The number of hydrogen-bond acceptors (Lipinski definition) is 5. The number of alkyl halides is 2. The highest BCUT2D eigenvalue weighted by Crippen LogP contribution is 2.27. The van der Waals surface area contributed by atoms with E-state index in [4.69, 9.17) is 0 Å². The number of H-pyrrole nitrogens is 1. The van der Waals surface area contributed by atoms with Crippen molar-refractivity contribution < 1.29 is 5.11 Å². The van der Waals surface area contributed by atoms with Crippen LogP contribution in [0.3, 0.4) is 0 Å². The van der Waals surface area contributed by atoms with Crippen molar-refractivity contribution in [2.24, 2.45) is 4.99 Å². The molecular weight excluding hydrogens is 568 g/mol. The maximum absolute atomic E-state index is 10.1. The van der Waals surface area contributed by atoms with Gasteiger partial charge in [0.2, 0.25) is 0 Å². The van der Waals surface area contributed by atoms with Crippen LogP contribution < -0.4 is 5.32 Å². The van der Waals surface area contributed by atoms with E-state index in [0.717, 1.165) is 20.1 Å². The third-order valence-electron chi connectivity index (χ3n) is 3.84. The van der Waals surface area contributed by atoms with E-state index in [9.17, 15) is 10.4 Å². The van der Waals surface area contributed by atoms with Gasteiger partial charge in [0, 0.05) is 26.3 Å². The summed E-state index contributed by atoms with van der Waals surface area (Å²) in [5.74, 6) is 0.911. The summed E-state index contributed by atoms with van der Waals surface area (Å²) in [4.78, 5) is 4.34. The average Bonchev–Trinajstić information content (AvgIpc) is 3.08. The number of rotatable bonds is 6. The van der Waals surface area contributed by atoms with Crippen molar-refractivity contribution in [2.75, 3.05) is 5.32 Å². The van der Waals surface area contributed by atoms with Gasteiger partial charge in [-0.3, -0.25) is 5.10 Å². The third-order valence-corrected chi connectivity index (χ3v) is 5.55. The monoisotopic (exact) mass is 583 g/mol. The van der Waals surface area contributed by atoms with E-state index in [1.807, 2.05) is 30.3 Å². The predicted octanol–water partition coefficient (Wildman–Crippen LogP) is 5.35. The largest absolute Gasteiger partial charge is 0.507 e. The topological polar surface area (TPSA) is 97.1 Å². The smallest absolute Gasteiger partial charge is 0.172 e. The van der Waals surface area contributed by atoms with E-state index >= 15 is 0 Å². The maximum atomic E-state index is 10.1. The Morgan fingerprint density at radius 3 is 2.78 bits per heavy atom. The van der Waals surface area contributed by atoms with Crippen LogP contribution in [0.1, 0.15) is 22.3 Å². The Kier molecular flexibility index (Phi) is 6.68. The van der Waals surface area contributed by atoms with Gasteiger partial charge < -0.3 is 10.4 Å². The van der Waals surface area contributed by atoms with Gasteiger partial charge in [0.1, 0.15) is 17.4 Å². The number of phenolic OH excluding ortho intramolecular Hbond substituents is 1. The minimum Gasteiger partial charge on any atom is -0.507 e. The summed E-state index contributed by atoms with van der Waals surface area (Å²) < 4.78 is 1.63. The molecule has 0 saturated carbocycles. The number of halogens is 2. The Bertz CT molecular complexity index is 1020. The van der Waals surface area contributed by atoms with Gasteiger partial charge in [-0.05, 0) is 29.3 Å². The highest BCUT2D eigenvalue weighted by atomic mass is 127. The van der Waals surface area contributed by atoms with Crippen LogP contribution in [0.15, 0.2) is 47.5 Å². The zero-order valence-electron chi connectivity index (χ0n) is 14.1. The molecule has 0 bridgehead atoms. The Balaban J connectivity index is 1.90. The zero-order chi connectivity index (χ0) is 19.2. The summed E-state index contributed by atoms with van der Waals surface area (Å²) >= 11 is 4.53. The molecule has 0 radical (unpaired) electrons. The summed E-state index contributed by atoms with van der Waals surface area (Å²) in [6.45, 7) is 0. The molecule has 0 aliphatic carbocycles. The lowest BCUT2D eigenvalue weighted by atomic mass is 10.1. The molecule has 0 atom stereocenters. The molecular formula is C19H15I2N5O. The van der Waals surface area contributed by atoms with Crippen molar-refractivity contribution in [3.05, 3.63) is 64.7 Å². The highest BCUT2D eigenvalue weighted by molar-refractivity contribution is 14.1. The molecule has 6 nitrogen and oxygen atoms in total. The molecule has 0 aliphatic rings. The molecule has 1 aromatic heterocycles. The molecule has 1 heterocycles. The Morgan fingerprint density at radius 1 is 1.22 bits per heavy atom. The quantitative estimate of drug-likeness (QED) is 0.207. The standard InChI is InChI=1S/C19H15I2N5O/c20-8-12-3-1-5-14(7-12)24-19-15(10-22)18(25-26-19)23-11-16-13(9-21)4-2-6-17(16)27/h1-7,11,27H,8-9H2,(H2,24,25,26)/b23-11+. The van der Waals surface area contributed by atoms with Gasteiger partial charge in [-0.2, -0.15) is 10.4 Å². The van der Waals surface area contributed by atoms with Gasteiger partial charge in [-0.1, -0.05) is 69.4 Å². The summed E-state index contributed by atoms with van der Waals surface area (Å²) in [5, 5.41) is 29.7. The number of phenols is 1. The number of nitrogens with zero attached hydrogens (tertiary/aromatic N) is 3. The van der Waals surface area contributed by atoms with Crippen LogP contribution in [0.5, 0.6) is 5.75 Å². The number of aromatic hydroxyl groups is 1. The van der Waals surface area contributed by atoms with Crippen molar-refractivity contribution in [2.45, 2.75) is 8.86 Å². The van der Waals surface area contributed by atoms with Gasteiger partial charge in [0.25, 0.3) is 0 Å². The van der Waals surface area contributed by atoms with Gasteiger partial charge >= 0.3 is 0 Å². The predicted molar refractivity (Wildman–Crippen MR) is 124 cm³/mol. The second kappa shape index (κ2) is 9.18. The number of anilines is 2. The van der Waals surface area contributed by atoms with Crippen LogP contribution in [0.4, 0.5) is 17.3 Å². The molecule has 3 N–H and O–H groups in total. The number of aromatic amines is 1. The summed E-state index contributed by atoms with van der Waals surface area (Å²) in [5.41, 5.74) is 3.95. The first-order chi connectivity index (χ1) is 13.2. The normalized spacial score (nSPS) is 10.9. The Morgan fingerprint density at radius 2 is 2.04 bits per heavy atom. The summed E-state index contributed by atoms with van der Waals surface area (Å²) in [6, 6.07) is 15.4. The van der Waals surface area contributed by atoms with E-state index < -0.39 is 0 Å². The third kappa shape index (κ3) is 4.59. The number of nitriles is 1. The highest BCUT2D eigenvalue weighted by Gasteiger charge is 2.13. The minimum absolute atomic E-state index is 0.153. The fraction of sp³-hybridized carbons (Fsp3) is 0.105. The van der Waals surface area contributed by atoms with Crippen molar-refractivity contribution in [1.82, 2.24) is 10.2 Å². The number of benzene rings is 2. The van der Waals surface area contributed by atoms with Crippen LogP contribution in [0.2, 0.25) is 0 Å². The number of nitrogens with one attached hydrogen (secondary N) is 2. The summed E-state index contributed by atoms with van der Waals surface area (Å²) in [7, 11) is 0. The number of aromatic nitrogens is 2. The second-order valence-electron chi connectivity index (χ2n) is 5.61. The molecule has 8 heteroatoms. The Labute approximate surface area is 184 Å². The SMILES string of the molecule is N#Cc1c(Nc2cccc(CI)c2)n[nH]c1/N=C/c1c(O)cccc1CI. The summed E-state index contributed by atoms with van der Waals surface area (Å²) in [6.07, 6.45) is 1.55. The molecule has 2 aromatic carbocycles. The van der Waals surface area contributed by atoms with Crippen molar-refractivity contribution in [3.8, 4) is 11.8 Å². The molecule has 0 aliphatic heterocycles. The Hall–Kier alpha value is -2.13. The van der Waals surface area contributed by atoms with Crippen LogP contribution in [-0.4, -0.2) is 21.5 Å². The van der Waals surface area contributed by atoms with Gasteiger partial charge in [0.15, 0.2) is 11.6 Å². The van der Waals surface area contributed by atoms with Gasteiger partial charge in [-0.25, -0.2) is 4.99 Å². The lowest BCUT2D eigenvalue weighted by Gasteiger charge is -2.05. The molecule has 0 spiro atoms. The first-order valence-electron chi connectivity index (χ1n) is 7.97. The van der Waals surface area contributed by atoms with Crippen LogP contribution in [0, 0.1) is 11.3 Å². The van der Waals surface area contributed by atoms with E-state index in [1.54, 1.807) is 18.3 Å².